The molecule has 0 heterocycles. The van der Waals surface area contributed by atoms with Gasteiger partial charge in [0.05, 0.1) is 0 Å². The third-order valence-electron chi connectivity index (χ3n) is 5.10. The zero-order chi connectivity index (χ0) is 18.8. The van der Waals surface area contributed by atoms with Crippen molar-refractivity contribution in [3.05, 3.63) is 45.6 Å². The molecule has 1 aromatic rings. The van der Waals surface area contributed by atoms with E-state index in [1.54, 1.807) is 0 Å². The molecule has 0 aliphatic carbocycles. The standard InChI is InChI=1S/C14H19O.2C4H9.BrH.Sn/c1-3-4-5-9-12-14(2,15)13-10-7-6-8-11-13;2*1-3-4-2;;/h6-11,15H,3-5H2,1-2H3;2*1,3-4H2,2H3;1H;/q;;;;+1/p-1. The molecule has 0 aromatic heterocycles. The molecule has 142 valence electrons. The van der Waals surface area contributed by atoms with Gasteiger partial charge in [0.2, 0.25) is 0 Å². The van der Waals surface area contributed by atoms with E-state index in [1.165, 1.54) is 51.0 Å². The molecule has 0 aliphatic rings. The Balaban J connectivity index is 3.30. The van der Waals surface area contributed by atoms with E-state index in [2.05, 4.69) is 51.7 Å². The topological polar surface area (TPSA) is 20.2 Å². The summed E-state index contributed by atoms with van der Waals surface area (Å²) >= 11 is 1.56. The Hall–Kier alpha value is 0.199. The third kappa shape index (κ3) is 7.03. The van der Waals surface area contributed by atoms with Crippen LogP contribution in [0.25, 0.3) is 0 Å². The summed E-state index contributed by atoms with van der Waals surface area (Å²) in [4.78, 5) is 0. The monoisotopic (exact) mass is 516 g/mol. The Labute approximate surface area is 165 Å². The Morgan fingerprint density at radius 1 is 1.00 bits per heavy atom. The van der Waals surface area contributed by atoms with E-state index in [0.29, 0.717) is 0 Å². The van der Waals surface area contributed by atoms with E-state index in [1.807, 2.05) is 25.1 Å². The van der Waals surface area contributed by atoms with Gasteiger partial charge in [0.15, 0.2) is 0 Å². The quantitative estimate of drug-likeness (QED) is 0.226. The Morgan fingerprint density at radius 3 is 2.00 bits per heavy atom. The molecule has 0 amide bonds. The maximum absolute atomic E-state index is 11.6. The third-order valence-corrected chi connectivity index (χ3v) is 24.6. The molecule has 1 nitrogen and oxygen atoms in total. The normalized spacial score (nSPS) is 15.2. The van der Waals surface area contributed by atoms with Gasteiger partial charge in [-0.2, -0.15) is 0 Å². The van der Waals surface area contributed by atoms with Crippen LogP contribution < -0.4 is 0 Å². The van der Waals surface area contributed by atoms with Crippen LogP contribution in [0.4, 0.5) is 0 Å². The first kappa shape index (κ1) is 23.2. The Bertz CT molecular complexity index is 502. The van der Waals surface area contributed by atoms with E-state index in [-0.39, 0.29) is 0 Å². The molecule has 25 heavy (non-hydrogen) atoms. The second-order valence-corrected chi connectivity index (χ2v) is 27.5. The van der Waals surface area contributed by atoms with Crippen LogP contribution in [0, 0.1) is 0 Å². The van der Waals surface area contributed by atoms with Crippen LogP contribution in [0.5, 0.6) is 0 Å². The van der Waals surface area contributed by atoms with Gasteiger partial charge in [-0.25, -0.2) is 0 Å². The van der Waals surface area contributed by atoms with Crippen molar-refractivity contribution in [1.82, 2.24) is 0 Å². The van der Waals surface area contributed by atoms with Crippen molar-refractivity contribution in [2.75, 3.05) is 0 Å². The summed E-state index contributed by atoms with van der Waals surface area (Å²) in [6.07, 6.45) is 10.9. The molecule has 0 saturated carbocycles. The van der Waals surface area contributed by atoms with Gasteiger partial charge >= 0.3 is 167 Å². The number of allylic oxidation sites excluding steroid dienone is 1. The second kappa shape index (κ2) is 11.8. The van der Waals surface area contributed by atoms with Crippen LogP contribution >= 0.6 is 12.7 Å². The molecule has 1 aromatic carbocycles. The van der Waals surface area contributed by atoms with Crippen LogP contribution in [0.1, 0.15) is 78.2 Å². The number of halogens is 1. The fourth-order valence-electron chi connectivity index (χ4n) is 3.49. The fourth-order valence-corrected chi connectivity index (χ4v) is 22.8. The molecule has 1 atom stereocenters. The number of hydrogen-bond acceptors (Lipinski definition) is 1. The first-order valence-electron chi connectivity index (χ1n) is 10.1. The molecule has 0 spiro atoms. The van der Waals surface area contributed by atoms with Gasteiger partial charge in [-0.15, -0.1) is 0 Å². The van der Waals surface area contributed by atoms with Crippen molar-refractivity contribution in [3.63, 3.8) is 0 Å². The zero-order valence-corrected chi connectivity index (χ0v) is 21.1. The summed E-state index contributed by atoms with van der Waals surface area (Å²) in [5.41, 5.74) is 0.182. The van der Waals surface area contributed by atoms with Gasteiger partial charge in [0.1, 0.15) is 0 Å². The van der Waals surface area contributed by atoms with Crippen LogP contribution in [-0.2, 0) is 5.60 Å². The minimum atomic E-state index is -2.76. The first-order chi connectivity index (χ1) is 11.9. The van der Waals surface area contributed by atoms with Crippen molar-refractivity contribution in [1.29, 1.82) is 0 Å². The van der Waals surface area contributed by atoms with Crippen molar-refractivity contribution < 1.29 is 5.11 Å². The predicted molar refractivity (Wildman–Crippen MR) is 118 cm³/mol. The van der Waals surface area contributed by atoms with Crippen LogP contribution in [-0.4, -0.2) is 21.3 Å². The maximum atomic E-state index is 11.6. The van der Waals surface area contributed by atoms with Gasteiger partial charge in [-0.05, 0) is 0 Å². The van der Waals surface area contributed by atoms with E-state index < -0.39 is 21.8 Å². The van der Waals surface area contributed by atoms with Gasteiger partial charge in [0, 0.05) is 0 Å². The molecular weight excluding hydrogens is 479 g/mol. The molecule has 0 saturated heterocycles. The minimum absolute atomic E-state index is 0.851. The molecule has 1 unspecified atom stereocenters. The van der Waals surface area contributed by atoms with Gasteiger partial charge in [0.25, 0.3) is 0 Å². The van der Waals surface area contributed by atoms with Crippen molar-refractivity contribution in [2.24, 2.45) is 0 Å². The summed E-state index contributed by atoms with van der Waals surface area (Å²) in [7, 11) is 0. The molecule has 0 bridgehead atoms. The van der Waals surface area contributed by atoms with Crippen LogP contribution in [0.2, 0.25) is 8.87 Å². The van der Waals surface area contributed by atoms with E-state index >= 15 is 0 Å². The SMILES string of the molecule is CCCC/C=[C](/C(C)(O)c1ccccc1)[Sn]([Br])([CH2]CCC)[CH2]CCC. The molecule has 0 radical (unpaired) electrons. The fraction of sp³-hybridized carbons (Fsp3) is 0.636. The van der Waals surface area contributed by atoms with Gasteiger partial charge in [-0.1, -0.05) is 0 Å². The van der Waals surface area contributed by atoms with E-state index in [4.69, 9.17) is 0 Å². The van der Waals surface area contributed by atoms with Crippen LogP contribution in [0.15, 0.2) is 40.0 Å². The average Bonchev–Trinajstić information content (AvgIpc) is 2.62. The number of hydrogen-bond donors (Lipinski definition) is 1. The first-order valence-corrected chi connectivity index (χ1v) is 22.0. The number of aliphatic hydroxyl groups is 1. The summed E-state index contributed by atoms with van der Waals surface area (Å²) in [6.45, 7) is 8.80. The molecule has 0 aliphatic heterocycles. The predicted octanol–water partition coefficient (Wildman–Crippen LogP) is 7.49. The second-order valence-electron chi connectivity index (χ2n) is 7.37. The van der Waals surface area contributed by atoms with Gasteiger partial charge < -0.3 is 0 Å². The number of unbranched alkanes of at least 4 members (excludes halogenated alkanes) is 4. The van der Waals surface area contributed by atoms with Crippen LogP contribution in [0.3, 0.4) is 0 Å². The molecule has 3 heteroatoms. The van der Waals surface area contributed by atoms with E-state index in [9.17, 15) is 5.11 Å². The average molecular weight is 516 g/mol. The van der Waals surface area contributed by atoms with Gasteiger partial charge in [-0.3, -0.25) is 0 Å². The molecule has 1 rings (SSSR count). The number of rotatable bonds is 12. The van der Waals surface area contributed by atoms with Crippen molar-refractivity contribution in [2.45, 2.75) is 87.1 Å². The van der Waals surface area contributed by atoms with Crippen molar-refractivity contribution >= 4 is 28.9 Å². The molecular formula is C22H37BrOSn. The summed E-state index contributed by atoms with van der Waals surface area (Å²) in [6, 6.07) is 10.3. The summed E-state index contributed by atoms with van der Waals surface area (Å²) < 4.78 is 3.93. The Morgan fingerprint density at radius 2 is 1.52 bits per heavy atom. The zero-order valence-electron chi connectivity index (χ0n) is 16.7. The Kier molecular flexibility index (Phi) is 11.0. The molecule has 0 fully saturated rings. The van der Waals surface area contributed by atoms with Crippen molar-refractivity contribution in [3.8, 4) is 0 Å². The summed E-state index contributed by atoms with van der Waals surface area (Å²) in [5.74, 6) is 0. The van der Waals surface area contributed by atoms with E-state index in [0.717, 1.165) is 12.0 Å². The number of benzene rings is 1. The summed E-state index contributed by atoms with van der Waals surface area (Å²) in [5, 5.41) is 11.6. The molecule has 1 N–H and O–H groups in total.